The highest BCUT2D eigenvalue weighted by Crippen LogP contribution is 2.29. The van der Waals surface area contributed by atoms with Crippen LogP contribution in [0.15, 0.2) is 6.33 Å². The van der Waals surface area contributed by atoms with E-state index in [1.54, 1.807) is 6.33 Å². The quantitative estimate of drug-likeness (QED) is 0.885. The molecule has 0 saturated carbocycles. The fraction of sp³-hybridized carbons (Fsp3) is 0.667. The van der Waals surface area contributed by atoms with Crippen molar-refractivity contribution >= 4 is 11.8 Å². The third kappa shape index (κ3) is 3.46. The average Bonchev–Trinajstić information content (AvgIpc) is 2.37. The molecule has 0 spiro atoms. The maximum Gasteiger partial charge on any atom is 0.305 e. The van der Waals surface area contributed by atoms with E-state index in [0.717, 1.165) is 30.8 Å². The van der Waals surface area contributed by atoms with Crippen LogP contribution in [0.2, 0.25) is 0 Å². The minimum atomic E-state index is -0.791. The highest BCUT2D eigenvalue weighted by molar-refractivity contribution is 5.68. The molecular formula is C15H23N3O2. The first kappa shape index (κ1) is 14.8. The fourth-order valence-electron chi connectivity index (χ4n) is 2.56. The third-order valence-electron chi connectivity index (χ3n) is 3.86. The zero-order chi connectivity index (χ0) is 14.8. The Hall–Kier alpha value is -1.65. The first-order valence-corrected chi connectivity index (χ1v) is 7.19. The fourth-order valence-corrected chi connectivity index (χ4v) is 2.56. The van der Waals surface area contributed by atoms with Crippen LogP contribution < -0.4 is 5.32 Å². The minimum Gasteiger partial charge on any atom is -0.481 e. The van der Waals surface area contributed by atoms with E-state index in [0.29, 0.717) is 0 Å². The van der Waals surface area contributed by atoms with Crippen LogP contribution in [0.25, 0.3) is 0 Å². The molecule has 0 fully saturated rings. The van der Waals surface area contributed by atoms with Crippen LogP contribution in [0.3, 0.4) is 0 Å². The molecule has 0 aromatic carbocycles. The maximum atomic E-state index is 11.1. The number of nitrogens with one attached hydrogen (secondary N) is 1. The van der Waals surface area contributed by atoms with Gasteiger partial charge in [0.25, 0.3) is 0 Å². The molecule has 1 atom stereocenters. The molecule has 1 unspecified atom stereocenters. The van der Waals surface area contributed by atoms with Gasteiger partial charge in [-0.15, -0.1) is 0 Å². The molecule has 1 aliphatic rings. The summed E-state index contributed by atoms with van der Waals surface area (Å²) >= 11 is 0. The van der Waals surface area contributed by atoms with Crippen molar-refractivity contribution in [3.8, 4) is 0 Å². The van der Waals surface area contributed by atoms with E-state index in [2.05, 4.69) is 15.3 Å². The van der Waals surface area contributed by atoms with Gasteiger partial charge in [0.05, 0.1) is 6.42 Å². The topological polar surface area (TPSA) is 75.1 Å². The highest BCUT2D eigenvalue weighted by Gasteiger charge is 2.28. The zero-order valence-electron chi connectivity index (χ0n) is 12.4. The molecule has 0 saturated heterocycles. The summed E-state index contributed by atoms with van der Waals surface area (Å²) in [6, 6.07) is -0.152. The van der Waals surface area contributed by atoms with Gasteiger partial charge < -0.3 is 10.4 Å². The first-order chi connectivity index (χ1) is 9.38. The number of hydrogen-bond acceptors (Lipinski definition) is 4. The third-order valence-corrected chi connectivity index (χ3v) is 3.86. The second-order valence-corrected chi connectivity index (χ2v) is 6.52. The summed E-state index contributed by atoms with van der Waals surface area (Å²) in [5, 5.41) is 12.4. The van der Waals surface area contributed by atoms with Crippen LogP contribution in [-0.4, -0.2) is 27.1 Å². The number of hydrogen-bond donors (Lipinski definition) is 2. The monoisotopic (exact) mass is 277 g/mol. The van der Waals surface area contributed by atoms with Crippen LogP contribution in [0, 0.1) is 5.41 Å². The second kappa shape index (κ2) is 5.77. The Morgan fingerprint density at radius 2 is 2.05 bits per heavy atom. The molecule has 20 heavy (non-hydrogen) atoms. The Kier molecular flexibility index (Phi) is 4.26. The lowest BCUT2D eigenvalue weighted by molar-refractivity contribution is -0.137. The Morgan fingerprint density at radius 1 is 1.35 bits per heavy atom. The Balaban J connectivity index is 2.24. The van der Waals surface area contributed by atoms with E-state index in [-0.39, 0.29) is 17.9 Å². The Bertz CT molecular complexity index is 494. The number of rotatable bonds is 4. The van der Waals surface area contributed by atoms with Crippen molar-refractivity contribution < 1.29 is 9.90 Å². The van der Waals surface area contributed by atoms with Crippen molar-refractivity contribution in [2.75, 3.05) is 5.32 Å². The van der Waals surface area contributed by atoms with Crippen molar-refractivity contribution in [1.82, 2.24) is 9.97 Å². The second-order valence-electron chi connectivity index (χ2n) is 6.52. The number of aliphatic carboxylic acids is 1. The van der Waals surface area contributed by atoms with E-state index in [9.17, 15) is 4.79 Å². The summed E-state index contributed by atoms with van der Waals surface area (Å²) in [4.78, 5) is 19.7. The standard InChI is InChI=1S/C15H23N3O2/c1-15(2,3)12(8-13(19)20)18-14-10-6-4-5-7-11(10)16-9-17-14/h9,12H,4-8H2,1-3H3,(H,19,20)(H,16,17,18). The Labute approximate surface area is 119 Å². The average molecular weight is 277 g/mol. The van der Waals surface area contributed by atoms with Gasteiger partial charge in [0.2, 0.25) is 0 Å². The number of carbonyl (C=O) groups is 1. The number of carboxylic acids is 1. The van der Waals surface area contributed by atoms with Crippen LogP contribution in [0.5, 0.6) is 0 Å². The predicted molar refractivity (Wildman–Crippen MR) is 77.8 cm³/mol. The molecule has 5 nitrogen and oxygen atoms in total. The SMILES string of the molecule is CC(C)(C)C(CC(=O)O)Nc1ncnc2c1CCCC2. The number of aryl methyl sites for hydroxylation is 1. The van der Waals surface area contributed by atoms with Crippen molar-refractivity contribution in [2.24, 2.45) is 5.41 Å². The predicted octanol–water partition coefficient (Wildman–Crippen LogP) is 2.66. The van der Waals surface area contributed by atoms with E-state index >= 15 is 0 Å². The molecule has 1 aliphatic carbocycles. The van der Waals surface area contributed by atoms with Crippen molar-refractivity contribution in [1.29, 1.82) is 0 Å². The van der Waals surface area contributed by atoms with Gasteiger partial charge in [-0.1, -0.05) is 20.8 Å². The van der Waals surface area contributed by atoms with Crippen molar-refractivity contribution in [2.45, 2.75) is 58.9 Å². The molecular weight excluding hydrogens is 254 g/mol. The normalized spacial score (nSPS) is 16.4. The van der Waals surface area contributed by atoms with Crippen LogP contribution in [-0.2, 0) is 17.6 Å². The zero-order valence-corrected chi connectivity index (χ0v) is 12.4. The largest absolute Gasteiger partial charge is 0.481 e. The van der Waals surface area contributed by atoms with Crippen LogP contribution >= 0.6 is 0 Å². The van der Waals surface area contributed by atoms with Crippen LogP contribution in [0.4, 0.5) is 5.82 Å². The summed E-state index contributed by atoms with van der Waals surface area (Å²) < 4.78 is 0. The van der Waals surface area contributed by atoms with Crippen molar-refractivity contribution in [3.63, 3.8) is 0 Å². The smallest absolute Gasteiger partial charge is 0.305 e. The number of fused-ring (bicyclic) bond motifs is 1. The number of aromatic nitrogens is 2. The van der Waals surface area contributed by atoms with Gasteiger partial charge in [0.1, 0.15) is 12.1 Å². The Morgan fingerprint density at radius 3 is 2.70 bits per heavy atom. The first-order valence-electron chi connectivity index (χ1n) is 7.19. The summed E-state index contributed by atoms with van der Waals surface area (Å²) in [5.74, 6) is 0.0243. The summed E-state index contributed by atoms with van der Waals surface area (Å²) in [6.45, 7) is 6.13. The minimum absolute atomic E-state index is 0.0856. The highest BCUT2D eigenvalue weighted by atomic mass is 16.4. The molecule has 0 radical (unpaired) electrons. The lowest BCUT2D eigenvalue weighted by Gasteiger charge is -2.32. The summed E-state index contributed by atoms with van der Waals surface area (Å²) in [5.41, 5.74) is 2.13. The van der Waals surface area contributed by atoms with Crippen LogP contribution in [0.1, 0.15) is 51.3 Å². The molecule has 2 rings (SSSR count). The van der Waals surface area contributed by atoms with Gasteiger partial charge in [-0.2, -0.15) is 0 Å². The van der Waals surface area contributed by atoms with Gasteiger partial charge in [-0.05, 0) is 31.1 Å². The van der Waals surface area contributed by atoms with Crippen molar-refractivity contribution in [3.05, 3.63) is 17.6 Å². The van der Waals surface area contributed by atoms with Gasteiger partial charge in [-0.3, -0.25) is 4.79 Å². The van der Waals surface area contributed by atoms with Gasteiger partial charge in [0, 0.05) is 17.3 Å². The van der Waals surface area contributed by atoms with E-state index in [1.807, 2.05) is 20.8 Å². The maximum absolute atomic E-state index is 11.1. The van der Waals surface area contributed by atoms with Gasteiger partial charge in [0.15, 0.2) is 0 Å². The lowest BCUT2D eigenvalue weighted by atomic mass is 9.84. The summed E-state index contributed by atoms with van der Waals surface area (Å²) in [7, 11) is 0. The van der Waals surface area contributed by atoms with E-state index in [4.69, 9.17) is 5.11 Å². The molecule has 1 aromatic rings. The molecule has 1 aromatic heterocycles. The molecule has 0 bridgehead atoms. The van der Waals surface area contributed by atoms with E-state index < -0.39 is 5.97 Å². The molecule has 5 heteroatoms. The molecule has 2 N–H and O–H groups in total. The van der Waals surface area contributed by atoms with E-state index in [1.165, 1.54) is 12.0 Å². The summed E-state index contributed by atoms with van der Waals surface area (Å²) in [6.07, 6.45) is 5.94. The number of anilines is 1. The molecule has 110 valence electrons. The number of nitrogens with zero attached hydrogens (tertiary/aromatic N) is 2. The molecule has 0 amide bonds. The molecule has 0 aliphatic heterocycles. The van der Waals surface area contributed by atoms with Gasteiger partial charge in [-0.25, -0.2) is 9.97 Å². The number of carboxylic acid groups (broad SMARTS) is 1. The van der Waals surface area contributed by atoms with Gasteiger partial charge >= 0.3 is 5.97 Å². The lowest BCUT2D eigenvalue weighted by Crippen LogP contribution is -2.37. The molecule has 1 heterocycles.